The molecule has 2 N–H and O–H groups in total. The Kier molecular flexibility index (Phi) is 4.76. The van der Waals surface area contributed by atoms with Crippen molar-refractivity contribution in [3.8, 4) is 0 Å². The van der Waals surface area contributed by atoms with E-state index in [9.17, 15) is 18.0 Å². The molecule has 0 aliphatic carbocycles. The molecule has 0 saturated carbocycles. The molecule has 1 atom stereocenters. The van der Waals surface area contributed by atoms with Crippen LogP contribution in [0.1, 0.15) is 19.8 Å². The summed E-state index contributed by atoms with van der Waals surface area (Å²) in [4.78, 5) is 10.6. The number of alkyl halides is 3. The zero-order valence-corrected chi connectivity index (χ0v) is 7.23. The van der Waals surface area contributed by atoms with Gasteiger partial charge in [-0.05, 0) is 13.3 Å². The SMILES string of the molecule is CCOC(=O)CC[C@H](N)C(F)(F)F. The highest BCUT2D eigenvalue weighted by Gasteiger charge is 2.36. The Bertz CT molecular complexity index is 170. The minimum absolute atomic E-state index is 0.167. The average molecular weight is 199 g/mol. The van der Waals surface area contributed by atoms with Crippen LogP contribution in [0.15, 0.2) is 0 Å². The number of hydrogen-bond donors (Lipinski definition) is 1. The molecular formula is C7H12F3NO2. The van der Waals surface area contributed by atoms with Crippen LogP contribution in [-0.4, -0.2) is 24.8 Å². The molecule has 3 nitrogen and oxygen atoms in total. The second kappa shape index (κ2) is 5.06. The van der Waals surface area contributed by atoms with Crippen LogP contribution in [0, 0.1) is 0 Å². The number of rotatable bonds is 4. The van der Waals surface area contributed by atoms with Gasteiger partial charge in [-0.3, -0.25) is 4.79 Å². The fraction of sp³-hybridized carbons (Fsp3) is 0.857. The lowest BCUT2D eigenvalue weighted by molar-refractivity contribution is -0.153. The highest BCUT2D eigenvalue weighted by molar-refractivity contribution is 5.69. The molecule has 0 radical (unpaired) electrons. The van der Waals surface area contributed by atoms with Gasteiger partial charge in [0, 0.05) is 6.42 Å². The van der Waals surface area contributed by atoms with Gasteiger partial charge in [-0.2, -0.15) is 13.2 Å². The summed E-state index contributed by atoms with van der Waals surface area (Å²) in [6.07, 6.45) is -5.16. The van der Waals surface area contributed by atoms with Gasteiger partial charge in [-0.1, -0.05) is 0 Å². The summed E-state index contributed by atoms with van der Waals surface area (Å²) in [5.41, 5.74) is 4.76. The van der Waals surface area contributed by atoms with E-state index in [0.717, 1.165) is 0 Å². The Hall–Kier alpha value is -0.780. The van der Waals surface area contributed by atoms with E-state index in [0.29, 0.717) is 0 Å². The van der Waals surface area contributed by atoms with Crippen molar-refractivity contribution in [2.24, 2.45) is 5.73 Å². The molecule has 0 aromatic rings. The molecule has 0 bridgehead atoms. The van der Waals surface area contributed by atoms with E-state index >= 15 is 0 Å². The van der Waals surface area contributed by atoms with E-state index in [1.165, 1.54) is 0 Å². The Morgan fingerprint density at radius 1 is 1.54 bits per heavy atom. The first-order chi connectivity index (χ1) is 5.88. The zero-order valence-electron chi connectivity index (χ0n) is 7.23. The molecule has 6 heteroatoms. The molecule has 0 aliphatic rings. The summed E-state index contributed by atoms with van der Waals surface area (Å²) in [7, 11) is 0. The third-order valence-electron chi connectivity index (χ3n) is 1.39. The van der Waals surface area contributed by atoms with E-state index in [1.54, 1.807) is 6.92 Å². The minimum Gasteiger partial charge on any atom is -0.466 e. The van der Waals surface area contributed by atoms with Gasteiger partial charge in [0.2, 0.25) is 0 Å². The van der Waals surface area contributed by atoms with Crippen molar-refractivity contribution < 1.29 is 22.7 Å². The number of carbonyl (C=O) groups excluding carboxylic acids is 1. The Labute approximate surface area is 74.0 Å². The van der Waals surface area contributed by atoms with E-state index in [-0.39, 0.29) is 13.0 Å². The van der Waals surface area contributed by atoms with Gasteiger partial charge in [0.05, 0.1) is 6.61 Å². The molecule has 0 aromatic heterocycles. The molecule has 0 unspecified atom stereocenters. The van der Waals surface area contributed by atoms with Gasteiger partial charge in [-0.25, -0.2) is 0 Å². The van der Waals surface area contributed by atoms with Gasteiger partial charge >= 0.3 is 12.1 Å². The maximum atomic E-state index is 11.8. The van der Waals surface area contributed by atoms with Gasteiger partial charge in [0.25, 0.3) is 0 Å². The molecule has 0 rings (SSSR count). The molecule has 0 spiro atoms. The van der Waals surface area contributed by atoms with Crippen LogP contribution >= 0.6 is 0 Å². The van der Waals surface area contributed by atoms with Crippen LogP contribution in [0.3, 0.4) is 0 Å². The predicted molar refractivity (Wildman–Crippen MR) is 39.9 cm³/mol. The fourth-order valence-electron chi connectivity index (χ4n) is 0.670. The van der Waals surface area contributed by atoms with Crippen molar-refractivity contribution in [2.75, 3.05) is 6.61 Å². The standard InChI is InChI=1S/C7H12F3NO2/c1-2-13-6(12)4-3-5(11)7(8,9)10/h5H,2-4,11H2,1H3/t5-/m0/s1. The molecule has 0 saturated heterocycles. The topological polar surface area (TPSA) is 52.3 Å². The maximum absolute atomic E-state index is 11.8. The van der Waals surface area contributed by atoms with Crippen molar-refractivity contribution in [3.63, 3.8) is 0 Å². The van der Waals surface area contributed by atoms with Gasteiger partial charge in [-0.15, -0.1) is 0 Å². The third-order valence-corrected chi connectivity index (χ3v) is 1.39. The summed E-state index contributed by atoms with van der Waals surface area (Å²) in [5, 5.41) is 0. The molecule has 78 valence electrons. The van der Waals surface area contributed by atoms with E-state index in [4.69, 9.17) is 5.73 Å². The minimum atomic E-state index is -4.44. The van der Waals surface area contributed by atoms with E-state index in [2.05, 4.69) is 4.74 Å². The van der Waals surface area contributed by atoms with Crippen molar-refractivity contribution >= 4 is 5.97 Å². The summed E-state index contributed by atoms with van der Waals surface area (Å²) >= 11 is 0. The molecule has 13 heavy (non-hydrogen) atoms. The van der Waals surface area contributed by atoms with Crippen LogP contribution in [0.5, 0.6) is 0 Å². The smallest absolute Gasteiger partial charge is 0.403 e. The van der Waals surface area contributed by atoms with Crippen LogP contribution in [0.25, 0.3) is 0 Å². The van der Waals surface area contributed by atoms with Crippen LogP contribution in [0.2, 0.25) is 0 Å². The van der Waals surface area contributed by atoms with Crippen molar-refractivity contribution in [1.82, 2.24) is 0 Å². The molecule has 0 fully saturated rings. The van der Waals surface area contributed by atoms with Crippen molar-refractivity contribution in [2.45, 2.75) is 32.0 Å². The molecule has 0 aromatic carbocycles. The average Bonchev–Trinajstić information content (AvgIpc) is 1.99. The van der Waals surface area contributed by atoms with Crippen LogP contribution in [-0.2, 0) is 9.53 Å². The van der Waals surface area contributed by atoms with Crippen molar-refractivity contribution in [3.05, 3.63) is 0 Å². The number of carbonyl (C=O) groups is 1. The number of halogens is 3. The zero-order chi connectivity index (χ0) is 10.5. The number of esters is 1. The van der Waals surface area contributed by atoms with Gasteiger partial charge in [0.1, 0.15) is 6.04 Å². The number of ether oxygens (including phenoxy) is 1. The van der Waals surface area contributed by atoms with E-state index in [1.807, 2.05) is 0 Å². The molecular weight excluding hydrogens is 187 g/mol. The lowest BCUT2D eigenvalue weighted by Crippen LogP contribution is -2.37. The molecule has 0 aliphatic heterocycles. The van der Waals surface area contributed by atoms with E-state index < -0.39 is 24.6 Å². The maximum Gasteiger partial charge on any atom is 0.403 e. The Morgan fingerprint density at radius 3 is 2.46 bits per heavy atom. The lowest BCUT2D eigenvalue weighted by atomic mass is 10.1. The number of nitrogens with two attached hydrogens (primary N) is 1. The largest absolute Gasteiger partial charge is 0.466 e. The summed E-state index contributed by atoms with van der Waals surface area (Å²) in [6.45, 7) is 1.75. The van der Waals surface area contributed by atoms with Crippen LogP contribution < -0.4 is 5.73 Å². The fourth-order valence-corrected chi connectivity index (χ4v) is 0.670. The highest BCUT2D eigenvalue weighted by atomic mass is 19.4. The summed E-state index contributed by atoms with van der Waals surface area (Å²) < 4.78 is 39.9. The van der Waals surface area contributed by atoms with Crippen molar-refractivity contribution in [1.29, 1.82) is 0 Å². The lowest BCUT2D eigenvalue weighted by Gasteiger charge is -2.14. The third kappa shape index (κ3) is 5.46. The quantitative estimate of drug-likeness (QED) is 0.692. The molecule has 0 heterocycles. The second-order valence-corrected chi connectivity index (χ2v) is 2.49. The van der Waals surface area contributed by atoms with Gasteiger partial charge < -0.3 is 10.5 Å². The summed E-state index contributed by atoms with van der Waals surface area (Å²) in [5.74, 6) is -0.651. The van der Waals surface area contributed by atoms with Gasteiger partial charge in [0.15, 0.2) is 0 Å². The Balaban J connectivity index is 3.70. The first kappa shape index (κ1) is 12.2. The predicted octanol–water partition coefficient (Wildman–Crippen LogP) is 1.22. The second-order valence-electron chi connectivity index (χ2n) is 2.49. The summed E-state index contributed by atoms with van der Waals surface area (Å²) in [6, 6.07) is -1.95. The monoisotopic (exact) mass is 199 g/mol. The van der Waals surface area contributed by atoms with Crippen LogP contribution in [0.4, 0.5) is 13.2 Å². The Morgan fingerprint density at radius 2 is 2.08 bits per heavy atom. The normalized spacial score (nSPS) is 13.9. The first-order valence-electron chi connectivity index (χ1n) is 3.85. The molecule has 0 amide bonds. The first-order valence-corrected chi connectivity index (χ1v) is 3.85. The highest BCUT2D eigenvalue weighted by Crippen LogP contribution is 2.21. The number of hydrogen-bond acceptors (Lipinski definition) is 3.